The molecule has 1 saturated heterocycles. The maximum absolute atomic E-state index is 12.5. The first-order valence-corrected chi connectivity index (χ1v) is 9.77. The van der Waals surface area contributed by atoms with Gasteiger partial charge in [-0.15, -0.1) is 0 Å². The quantitative estimate of drug-likeness (QED) is 0.663. The molecular formula is C21H27N5O3. The maximum Gasteiger partial charge on any atom is 0.279 e. The molecule has 0 atom stereocenters. The van der Waals surface area contributed by atoms with Crippen molar-refractivity contribution in [2.45, 2.75) is 31.3 Å². The molecule has 154 valence electrons. The van der Waals surface area contributed by atoms with E-state index in [0.29, 0.717) is 38.8 Å². The third-order valence-corrected chi connectivity index (χ3v) is 5.33. The van der Waals surface area contributed by atoms with E-state index < -0.39 is 11.5 Å². The van der Waals surface area contributed by atoms with Crippen molar-refractivity contribution in [3.63, 3.8) is 0 Å². The Morgan fingerprint density at radius 3 is 2.66 bits per heavy atom. The number of hydrogen-bond acceptors (Lipinski definition) is 6. The highest BCUT2D eigenvalue weighted by Crippen LogP contribution is 2.25. The molecule has 0 aromatic heterocycles. The van der Waals surface area contributed by atoms with Gasteiger partial charge < -0.3 is 15.3 Å². The van der Waals surface area contributed by atoms with Gasteiger partial charge in [0, 0.05) is 32.8 Å². The molecule has 8 heteroatoms. The molecule has 1 fully saturated rings. The lowest BCUT2D eigenvalue weighted by Crippen LogP contribution is -2.54. The standard InChI is InChI=1S/C21H27N5O3/c1-23-13-17-19(22)20(28)26(15-24-17)14-21(29)9-11-25(12-10-21)18(27)8-7-16-5-3-2-4-6-16/h2-6,13,15,22-23,29H,7-12,14H2,1H3/b17-13+,22-19?. The fourth-order valence-electron chi connectivity index (χ4n) is 3.56. The first-order valence-electron chi connectivity index (χ1n) is 9.77. The van der Waals surface area contributed by atoms with Crippen LogP contribution in [0.1, 0.15) is 24.8 Å². The highest BCUT2D eigenvalue weighted by molar-refractivity contribution is 6.46. The fourth-order valence-corrected chi connectivity index (χ4v) is 3.56. The zero-order valence-electron chi connectivity index (χ0n) is 16.6. The number of nitrogens with zero attached hydrogens (tertiary/aromatic N) is 3. The number of β-amino-alcohol motifs (C(OH)–C–C–N with tert-alkyl or cyclic N) is 1. The van der Waals surface area contributed by atoms with Gasteiger partial charge in [0.1, 0.15) is 11.4 Å². The largest absolute Gasteiger partial charge is 0.392 e. The SMILES string of the molecule is CN/C=C1/N=CN(CC2(O)CCN(C(=O)CCc3ccccc3)CC2)C(=O)C1=N. The van der Waals surface area contributed by atoms with Crippen LogP contribution in [0.15, 0.2) is 47.2 Å². The summed E-state index contributed by atoms with van der Waals surface area (Å²) in [6.45, 7) is 0.966. The first-order chi connectivity index (χ1) is 13.9. The molecule has 2 amide bonds. The number of aliphatic imine (C=N–C) groups is 1. The van der Waals surface area contributed by atoms with Gasteiger partial charge in [-0.1, -0.05) is 30.3 Å². The first kappa shape index (κ1) is 20.7. The molecule has 29 heavy (non-hydrogen) atoms. The minimum Gasteiger partial charge on any atom is -0.392 e. The Balaban J connectivity index is 1.52. The van der Waals surface area contributed by atoms with Gasteiger partial charge in [-0.25, -0.2) is 4.99 Å². The molecule has 0 bridgehead atoms. The van der Waals surface area contributed by atoms with E-state index in [2.05, 4.69) is 10.3 Å². The van der Waals surface area contributed by atoms with Crippen LogP contribution in [-0.2, 0) is 16.0 Å². The Morgan fingerprint density at radius 1 is 1.31 bits per heavy atom. The van der Waals surface area contributed by atoms with Crippen molar-refractivity contribution in [1.29, 1.82) is 5.41 Å². The highest BCUT2D eigenvalue weighted by atomic mass is 16.3. The Morgan fingerprint density at radius 2 is 2.00 bits per heavy atom. The minimum atomic E-state index is -1.09. The smallest absolute Gasteiger partial charge is 0.279 e. The lowest BCUT2D eigenvalue weighted by Gasteiger charge is -2.40. The lowest BCUT2D eigenvalue weighted by atomic mass is 9.90. The molecule has 0 radical (unpaired) electrons. The van der Waals surface area contributed by atoms with E-state index in [1.165, 1.54) is 17.4 Å². The van der Waals surface area contributed by atoms with E-state index in [0.717, 1.165) is 5.56 Å². The number of hydrogen-bond donors (Lipinski definition) is 3. The maximum atomic E-state index is 12.5. The molecule has 0 aliphatic carbocycles. The molecule has 0 unspecified atom stereocenters. The van der Waals surface area contributed by atoms with Gasteiger partial charge in [-0.05, 0) is 24.8 Å². The van der Waals surface area contributed by atoms with Crippen LogP contribution >= 0.6 is 0 Å². The zero-order chi connectivity index (χ0) is 20.9. The molecule has 1 aromatic carbocycles. The molecule has 3 N–H and O–H groups in total. The zero-order valence-corrected chi connectivity index (χ0v) is 16.6. The summed E-state index contributed by atoms with van der Waals surface area (Å²) >= 11 is 0. The third kappa shape index (κ3) is 5.08. The average molecular weight is 397 g/mol. The van der Waals surface area contributed by atoms with E-state index in [1.54, 1.807) is 11.9 Å². The Hall–Kier alpha value is -3.00. The second-order valence-corrected chi connectivity index (χ2v) is 7.46. The van der Waals surface area contributed by atoms with Crippen molar-refractivity contribution >= 4 is 23.9 Å². The number of nitrogens with one attached hydrogen (secondary N) is 2. The number of piperidine rings is 1. The van der Waals surface area contributed by atoms with Crippen LogP contribution in [0, 0.1) is 5.41 Å². The number of benzene rings is 1. The second kappa shape index (κ2) is 9.00. The van der Waals surface area contributed by atoms with E-state index in [1.807, 2.05) is 30.3 Å². The number of carbonyl (C=O) groups is 2. The number of aliphatic hydroxyl groups is 1. The molecule has 2 aliphatic rings. The van der Waals surface area contributed by atoms with Crippen molar-refractivity contribution in [2.75, 3.05) is 26.7 Å². The molecule has 2 heterocycles. The normalized spacial score (nSPS) is 20.3. The van der Waals surface area contributed by atoms with Crippen LogP contribution < -0.4 is 5.32 Å². The van der Waals surface area contributed by atoms with Crippen LogP contribution in [-0.4, -0.2) is 71.1 Å². The van der Waals surface area contributed by atoms with Gasteiger partial charge in [0.25, 0.3) is 5.91 Å². The van der Waals surface area contributed by atoms with Crippen molar-refractivity contribution in [3.05, 3.63) is 47.8 Å². The molecule has 3 rings (SSSR count). The van der Waals surface area contributed by atoms with Gasteiger partial charge in [-0.3, -0.25) is 19.9 Å². The van der Waals surface area contributed by atoms with E-state index in [4.69, 9.17) is 5.41 Å². The summed E-state index contributed by atoms with van der Waals surface area (Å²) in [4.78, 5) is 32.0. The van der Waals surface area contributed by atoms with Crippen LogP contribution in [0.5, 0.6) is 0 Å². The lowest BCUT2D eigenvalue weighted by molar-refractivity contribution is -0.137. The minimum absolute atomic E-state index is 0.0661. The summed E-state index contributed by atoms with van der Waals surface area (Å²) < 4.78 is 0. The number of rotatable bonds is 6. The van der Waals surface area contributed by atoms with E-state index in [-0.39, 0.29) is 23.9 Å². The van der Waals surface area contributed by atoms with Crippen molar-refractivity contribution < 1.29 is 14.7 Å². The Kier molecular flexibility index (Phi) is 6.43. The Bertz CT molecular complexity index is 826. The summed E-state index contributed by atoms with van der Waals surface area (Å²) in [7, 11) is 1.67. The van der Waals surface area contributed by atoms with Crippen molar-refractivity contribution in [3.8, 4) is 0 Å². The molecule has 8 nitrogen and oxygen atoms in total. The Labute approximate surface area is 170 Å². The predicted molar refractivity (Wildman–Crippen MR) is 111 cm³/mol. The molecule has 0 spiro atoms. The fraction of sp³-hybridized carbons (Fsp3) is 0.429. The van der Waals surface area contributed by atoms with Crippen LogP contribution in [0.2, 0.25) is 0 Å². The van der Waals surface area contributed by atoms with E-state index in [9.17, 15) is 14.7 Å². The molecule has 2 aliphatic heterocycles. The average Bonchev–Trinajstić information content (AvgIpc) is 2.73. The highest BCUT2D eigenvalue weighted by Gasteiger charge is 2.38. The summed E-state index contributed by atoms with van der Waals surface area (Å²) in [6, 6.07) is 9.89. The van der Waals surface area contributed by atoms with Crippen LogP contribution in [0.3, 0.4) is 0 Å². The summed E-state index contributed by atoms with van der Waals surface area (Å²) in [5.41, 5.74) is 0.0903. The van der Waals surface area contributed by atoms with Gasteiger partial charge in [0.15, 0.2) is 0 Å². The van der Waals surface area contributed by atoms with Crippen molar-refractivity contribution in [1.82, 2.24) is 15.1 Å². The number of carbonyl (C=O) groups excluding carboxylic acids is 2. The van der Waals surface area contributed by atoms with Crippen LogP contribution in [0.4, 0.5) is 0 Å². The molecule has 1 aromatic rings. The number of amides is 2. The predicted octanol–water partition coefficient (Wildman–Crippen LogP) is 0.924. The number of aryl methyl sites for hydroxylation is 1. The van der Waals surface area contributed by atoms with Crippen molar-refractivity contribution in [2.24, 2.45) is 4.99 Å². The van der Waals surface area contributed by atoms with Gasteiger partial charge in [0.05, 0.1) is 18.5 Å². The third-order valence-electron chi connectivity index (χ3n) is 5.33. The van der Waals surface area contributed by atoms with Gasteiger partial charge in [0.2, 0.25) is 5.91 Å². The van der Waals surface area contributed by atoms with Crippen LogP contribution in [0.25, 0.3) is 0 Å². The molecule has 0 saturated carbocycles. The monoisotopic (exact) mass is 397 g/mol. The van der Waals surface area contributed by atoms with Gasteiger partial charge >= 0.3 is 0 Å². The number of likely N-dealkylation sites (tertiary alicyclic amines) is 1. The molecular weight excluding hydrogens is 370 g/mol. The second-order valence-electron chi connectivity index (χ2n) is 7.46. The summed E-state index contributed by atoms with van der Waals surface area (Å²) in [5.74, 6) is -0.411. The summed E-state index contributed by atoms with van der Waals surface area (Å²) in [5, 5.41) is 21.6. The van der Waals surface area contributed by atoms with E-state index >= 15 is 0 Å². The van der Waals surface area contributed by atoms with Gasteiger partial charge in [-0.2, -0.15) is 0 Å². The topological polar surface area (TPSA) is 109 Å². The summed E-state index contributed by atoms with van der Waals surface area (Å²) in [6.07, 6.45) is 4.75.